The van der Waals surface area contributed by atoms with Crippen LogP contribution in [0.3, 0.4) is 0 Å². The third kappa shape index (κ3) is 7.18. The van der Waals surface area contributed by atoms with Gasteiger partial charge in [-0.1, -0.05) is 35.9 Å². The highest BCUT2D eigenvalue weighted by atomic mass is 35.5. The number of hydrogen-bond acceptors (Lipinski definition) is 6. The maximum absolute atomic E-state index is 15.1. The van der Waals surface area contributed by atoms with Crippen LogP contribution in [0, 0.1) is 0 Å². The lowest BCUT2D eigenvalue weighted by Crippen LogP contribution is -2.52. The van der Waals surface area contributed by atoms with E-state index in [1.807, 2.05) is 30.3 Å². The number of fused-ring (bicyclic) bond motifs is 3. The highest BCUT2D eigenvalue weighted by Gasteiger charge is 2.35. The van der Waals surface area contributed by atoms with Crippen LogP contribution in [-0.2, 0) is 37.1 Å². The predicted octanol–water partition coefficient (Wildman–Crippen LogP) is 8.14. The molecule has 1 aromatic heterocycles. The number of hydrogen-bond donors (Lipinski definition) is 1. The molecule has 4 aromatic carbocycles. The van der Waals surface area contributed by atoms with Crippen molar-refractivity contribution in [2.75, 3.05) is 56.2 Å². The number of amides is 2. The normalized spacial score (nSPS) is 17.8. The van der Waals surface area contributed by atoms with E-state index in [1.54, 1.807) is 35.2 Å². The first-order chi connectivity index (χ1) is 26.8. The molecule has 1 fully saturated rings. The molecule has 0 radical (unpaired) electrons. The Morgan fingerprint density at radius 2 is 1.59 bits per heavy atom. The molecule has 56 heavy (non-hydrogen) atoms. The van der Waals surface area contributed by atoms with Crippen LogP contribution in [-0.4, -0.2) is 83.8 Å². The molecule has 0 unspecified atom stereocenters. The molecule has 0 aliphatic carbocycles. The van der Waals surface area contributed by atoms with Gasteiger partial charge in [-0.15, -0.1) is 12.4 Å². The van der Waals surface area contributed by atoms with E-state index in [4.69, 9.17) is 16.3 Å². The largest absolute Gasteiger partial charge is 0.508 e. The van der Waals surface area contributed by atoms with E-state index in [0.717, 1.165) is 80.8 Å². The quantitative estimate of drug-likeness (QED) is 0.179. The van der Waals surface area contributed by atoms with Gasteiger partial charge in [0.15, 0.2) is 0 Å². The average molecular weight is 793 g/mol. The summed E-state index contributed by atoms with van der Waals surface area (Å²) in [5, 5.41) is 10.7. The van der Waals surface area contributed by atoms with Gasteiger partial charge in [0.05, 0.1) is 13.2 Å². The molecule has 1 N–H and O–H groups in total. The number of phenols is 1. The molecule has 2 amide bonds. The smallest absolute Gasteiger partial charge is 0.279 e. The molecular formula is C45H47Cl2N5O4. The van der Waals surface area contributed by atoms with Crippen molar-refractivity contribution in [3.05, 3.63) is 130 Å². The minimum absolute atomic E-state index is 0. The third-order valence-electron chi connectivity index (χ3n) is 11.9. The number of benzene rings is 4. The summed E-state index contributed by atoms with van der Waals surface area (Å²) >= 11 is 6.76. The van der Waals surface area contributed by atoms with Crippen LogP contribution < -0.4 is 9.80 Å². The van der Waals surface area contributed by atoms with Gasteiger partial charge in [0.25, 0.3) is 11.8 Å². The van der Waals surface area contributed by atoms with Crippen LogP contribution in [0.2, 0.25) is 5.02 Å². The van der Waals surface area contributed by atoms with Crippen LogP contribution in [0.15, 0.2) is 91.0 Å². The van der Waals surface area contributed by atoms with Crippen molar-refractivity contribution in [3.63, 3.8) is 0 Å². The number of likely N-dealkylation sites (N-methyl/N-ethyl adjacent to an activating group) is 1. The lowest BCUT2D eigenvalue weighted by molar-refractivity contribution is 0.0193. The van der Waals surface area contributed by atoms with Gasteiger partial charge in [0.2, 0.25) is 0 Å². The lowest BCUT2D eigenvalue weighted by atomic mass is 9.91. The first-order valence-corrected chi connectivity index (χ1v) is 19.9. The summed E-state index contributed by atoms with van der Waals surface area (Å²) in [6.07, 6.45) is 4.41. The molecule has 1 saturated heterocycles. The number of aromatic hydroxyl groups is 1. The minimum atomic E-state index is -0.167. The Morgan fingerprint density at radius 1 is 0.821 bits per heavy atom. The van der Waals surface area contributed by atoms with Crippen molar-refractivity contribution in [1.29, 1.82) is 0 Å². The molecule has 0 saturated carbocycles. The first-order valence-electron chi connectivity index (χ1n) is 19.5. The zero-order valence-electron chi connectivity index (χ0n) is 31.6. The summed E-state index contributed by atoms with van der Waals surface area (Å²) in [5.41, 5.74) is 10.1. The van der Waals surface area contributed by atoms with E-state index >= 15 is 9.59 Å². The topological polar surface area (TPSA) is 81.5 Å². The second kappa shape index (κ2) is 16.0. The Bertz CT molecular complexity index is 2270. The number of carbonyl (C=O) groups excluding carboxylic acids is 2. The fraction of sp³-hybridized carbons (Fsp3) is 0.333. The van der Waals surface area contributed by atoms with E-state index in [2.05, 4.69) is 56.6 Å². The molecule has 9 rings (SSSR count). The van der Waals surface area contributed by atoms with E-state index in [-0.39, 0.29) is 36.0 Å². The van der Waals surface area contributed by atoms with Gasteiger partial charge in [-0.25, -0.2) is 0 Å². The van der Waals surface area contributed by atoms with E-state index in [0.29, 0.717) is 48.3 Å². The molecule has 4 aliphatic rings. The van der Waals surface area contributed by atoms with Crippen molar-refractivity contribution >= 4 is 52.9 Å². The Hall–Kier alpha value is -4.80. The monoisotopic (exact) mass is 791 g/mol. The van der Waals surface area contributed by atoms with E-state index < -0.39 is 0 Å². The third-order valence-corrected chi connectivity index (χ3v) is 12.2. The number of anilines is 3. The summed E-state index contributed by atoms with van der Waals surface area (Å²) in [6.45, 7) is 6.04. The fourth-order valence-electron chi connectivity index (χ4n) is 9.03. The zero-order chi connectivity index (χ0) is 37.6. The highest BCUT2D eigenvalue weighted by Crippen LogP contribution is 2.40. The van der Waals surface area contributed by atoms with Crippen LogP contribution >= 0.6 is 24.0 Å². The lowest BCUT2D eigenvalue weighted by Gasteiger charge is -2.40. The number of morpholine rings is 1. The zero-order valence-corrected chi connectivity index (χ0v) is 33.2. The van der Waals surface area contributed by atoms with Crippen LogP contribution in [0.4, 0.5) is 17.1 Å². The fourth-order valence-corrected chi connectivity index (χ4v) is 9.20. The van der Waals surface area contributed by atoms with Crippen molar-refractivity contribution in [2.45, 2.75) is 51.2 Å². The van der Waals surface area contributed by atoms with Gasteiger partial charge >= 0.3 is 0 Å². The molecule has 0 bridgehead atoms. The Labute approximate surface area is 339 Å². The van der Waals surface area contributed by atoms with E-state index in [9.17, 15) is 5.11 Å². The van der Waals surface area contributed by atoms with Gasteiger partial charge in [-0.2, -0.15) is 0 Å². The maximum Gasteiger partial charge on any atom is 0.279 e. The molecule has 9 nitrogen and oxygen atoms in total. The standard InChI is InChI=1S/C45H46ClN5O4.ClH/c1-47-19-17-31-25-35(12-16-41(31)47)51(34-10-13-37(52)14-11-34)45(54)43-27-40(42-8-4-5-18-49(42)43)39-26-33(46)9-15-38(39)44(53)50-28-32-7-3-2-6-30(32)24-36(50)29-48-20-22-55-23-21-48;/h2-3,6-7,9-16,25-27,36,52H,4-5,8,17-24,28-29H2,1H3;1H/t36-;/m0./s1. The summed E-state index contributed by atoms with van der Waals surface area (Å²) in [6, 6.07) is 29.0. The van der Waals surface area contributed by atoms with Crippen LogP contribution in [0.1, 0.15) is 56.1 Å². The first kappa shape index (κ1) is 38.1. The number of rotatable bonds is 7. The van der Waals surface area contributed by atoms with Crippen molar-refractivity contribution in [3.8, 4) is 16.9 Å². The number of halogens is 2. The van der Waals surface area contributed by atoms with Crippen LogP contribution in [0.25, 0.3) is 11.1 Å². The summed E-state index contributed by atoms with van der Waals surface area (Å²) in [5.74, 6) is -0.0620. The molecule has 5 heterocycles. The second-order valence-corrected chi connectivity index (χ2v) is 15.7. The van der Waals surface area contributed by atoms with Crippen LogP contribution in [0.5, 0.6) is 5.75 Å². The van der Waals surface area contributed by atoms with Gasteiger partial charge in [-0.3, -0.25) is 19.4 Å². The number of nitrogens with zero attached hydrogens (tertiary/aromatic N) is 5. The Morgan fingerprint density at radius 3 is 2.39 bits per heavy atom. The van der Waals surface area contributed by atoms with Gasteiger partial charge in [0, 0.05) is 91.3 Å². The molecule has 4 aliphatic heterocycles. The number of carbonyl (C=O) groups is 2. The van der Waals surface area contributed by atoms with Gasteiger partial charge < -0.3 is 24.2 Å². The molecule has 5 aromatic rings. The minimum Gasteiger partial charge on any atom is -0.508 e. The number of ether oxygens (including phenoxy) is 1. The SMILES string of the molecule is CN1CCc2cc(N(C(=O)c3cc(-c4cc(Cl)ccc4C(=O)N4Cc5ccccc5C[C@H]4CN4CCOCC4)c4n3CCCC4)c3ccc(O)cc3)ccc21.Cl. The second-order valence-electron chi connectivity index (χ2n) is 15.3. The number of phenolic OH excluding ortho intramolecular Hbond substituents is 1. The Balaban J connectivity index is 0.00000441. The van der Waals surface area contributed by atoms with Gasteiger partial charge in [-0.05, 0) is 121 Å². The molecule has 1 atom stereocenters. The molecule has 11 heteroatoms. The average Bonchev–Trinajstić information content (AvgIpc) is 3.79. The molecule has 0 spiro atoms. The van der Waals surface area contributed by atoms with Crippen molar-refractivity contribution in [1.82, 2.24) is 14.4 Å². The van der Waals surface area contributed by atoms with Gasteiger partial charge in [0.1, 0.15) is 11.4 Å². The predicted molar refractivity (Wildman–Crippen MR) is 224 cm³/mol. The Kier molecular flexibility index (Phi) is 10.9. The summed E-state index contributed by atoms with van der Waals surface area (Å²) in [4.78, 5) is 38.6. The molecule has 290 valence electrons. The number of aromatic nitrogens is 1. The highest BCUT2D eigenvalue weighted by molar-refractivity contribution is 6.31. The summed E-state index contributed by atoms with van der Waals surface area (Å²) in [7, 11) is 2.09. The van der Waals surface area contributed by atoms with Crippen molar-refractivity contribution in [2.24, 2.45) is 0 Å². The molecular weight excluding hydrogens is 745 g/mol. The maximum atomic E-state index is 15.1. The van der Waals surface area contributed by atoms with Crippen molar-refractivity contribution < 1.29 is 19.4 Å². The summed E-state index contributed by atoms with van der Waals surface area (Å²) < 4.78 is 7.80. The van der Waals surface area contributed by atoms with E-state index in [1.165, 1.54) is 22.4 Å².